The molecule has 5 nitrogen and oxygen atoms in total. The van der Waals surface area contributed by atoms with E-state index >= 15 is 0 Å². The fourth-order valence-electron chi connectivity index (χ4n) is 1.43. The lowest BCUT2D eigenvalue weighted by atomic mass is 10.1. The number of carbonyl (C=O) groups is 1. The topological polar surface area (TPSA) is 79.5 Å². The number of rotatable bonds is 4. The molecular formula is C12H19IN4O. The van der Waals surface area contributed by atoms with Crippen molar-refractivity contribution in [1.82, 2.24) is 10.6 Å². The monoisotopic (exact) mass is 362 g/mol. The molecule has 4 N–H and O–H groups in total. The molecule has 0 aliphatic carbocycles. The molecular weight excluding hydrogens is 343 g/mol. The van der Waals surface area contributed by atoms with Gasteiger partial charge in [0.1, 0.15) is 0 Å². The van der Waals surface area contributed by atoms with Gasteiger partial charge in [-0.2, -0.15) is 0 Å². The number of guanidine groups is 1. The van der Waals surface area contributed by atoms with Gasteiger partial charge in [0.05, 0.1) is 0 Å². The van der Waals surface area contributed by atoms with Gasteiger partial charge in [-0.05, 0) is 24.1 Å². The van der Waals surface area contributed by atoms with Crippen molar-refractivity contribution < 1.29 is 4.79 Å². The minimum atomic E-state index is -0.0746. The third kappa shape index (κ3) is 5.35. The molecule has 0 aliphatic rings. The van der Waals surface area contributed by atoms with Gasteiger partial charge in [-0.1, -0.05) is 12.1 Å². The maximum atomic E-state index is 11.4. The summed E-state index contributed by atoms with van der Waals surface area (Å²) in [7, 11) is 3.25. The van der Waals surface area contributed by atoms with Crippen LogP contribution >= 0.6 is 24.0 Å². The van der Waals surface area contributed by atoms with Crippen molar-refractivity contribution >= 4 is 35.8 Å². The molecule has 1 rings (SSSR count). The number of aliphatic imine (C=N–C) groups is 1. The largest absolute Gasteiger partial charge is 0.370 e. The van der Waals surface area contributed by atoms with Crippen LogP contribution in [0.2, 0.25) is 0 Å². The third-order valence-electron chi connectivity index (χ3n) is 2.38. The Bertz CT molecular complexity index is 420. The molecule has 1 aromatic carbocycles. The predicted octanol–water partition coefficient (Wildman–Crippen LogP) is 0.741. The molecule has 0 saturated heterocycles. The molecule has 0 heterocycles. The van der Waals surface area contributed by atoms with E-state index in [9.17, 15) is 4.79 Å². The molecule has 0 saturated carbocycles. The fraction of sp³-hybridized carbons (Fsp3) is 0.333. The number of amides is 1. The number of nitrogens with two attached hydrogens (primary N) is 1. The summed E-state index contributed by atoms with van der Waals surface area (Å²) in [5, 5.41) is 5.57. The van der Waals surface area contributed by atoms with Crippen molar-refractivity contribution in [1.29, 1.82) is 0 Å². The second kappa shape index (κ2) is 8.73. The van der Waals surface area contributed by atoms with Crippen LogP contribution in [0.4, 0.5) is 0 Å². The fourth-order valence-corrected chi connectivity index (χ4v) is 1.43. The Hall–Kier alpha value is -1.31. The molecule has 1 amide bonds. The highest BCUT2D eigenvalue weighted by Gasteiger charge is 2.03. The van der Waals surface area contributed by atoms with Crippen LogP contribution in [0.5, 0.6) is 0 Å². The van der Waals surface area contributed by atoms with Gasteiger partial charge in [-0.25, -0.2) is 0 Å². The summed E-state index contributed by atoms with van der Waals surface area (Å²) >= 11 is 0. The lowest BCUT2D eigenvalue weighted by Crippen LogP contribution is -2.32. The summed E-state index contributed by atoms with van der Waals surface area (Å²) in [4.78, 5) is 15.2. The van der Waals surface area contributed by atoms with Gasteiger partial charge in [0.25, 0.3) is 5.91 Å². The van der Waals surface area contributed by atoms with Gasteiger partial charge in [-0.3, -0.25) is 9.79 Å². The van der Waals surface area contributed by atoms with Crippen LogP contribution in [0.25, 0.3) is 0 Å². The second-order valence-electron chi connectivity index (χ2n) is 3.57. The first-order valence-corrected chi connectivity index (χ1v) is 5.44. The number of hydrogen-bond acceptors (Lipinski definition) is 2. The van der Waals surface area contributed by atoms with Crippen LogP contribution in [-0.4, -0.2) is 32.5 Å². The lowest BCUT2D eigenvalue weighted by molar-refractivity contribution is 0.0963. The first-order chi connectivity index (χ1) is 8.17. The van der Waals surface area contributed by atoms with Crippen molar-refractivity contribution in [3.8, 4) is 0 Å². The van der Waals surface area contributed by atoms with E-state index in [4.69, 9.17) is 5.73 Å². The molecule has 6 heteroatoms. The summed E-state index contributed by atoms with van der Waals surface area (Å²) in [6, 6.07) is 7.52. The van der Waals surface area contributed by atoms with Crippen molar-refractivity contribution in [2.24, 2.45) is 10.7 Å². The number of nitrogens with one attached hydrogen (secondary N) is 2. The zero-order valence-corrected chi connectivity index (χ0v) is 12.9. The molecule has 0 fully saturated rings. The number of carbonyl (C=O) groups excluding carboxylic acids is 1. The SMILES string of the molecule is CN=C(N)NCCc1cccc(C(=O)NC)c1.I. The zero-order valence-electron chi connectivity index (χ0n) is 10.6. The van der Waals surface area contributed by atoms with E-state index in [1.807, 2.05) is 18.2 Å². The first kappa shape index (κ1) is 16.7. The van der Waals surface area contributed by atoms with Gasteiger partial charge in [0.2, 0.25) is 0 Å². The summed E-state index contributed by atoms with van der Waals surface area (Å²) in [6.45, 7) is 0.695. The number of benzene rings is 1. The van der Waals surface area contributed by atoms with Crippen molar-refractivity contribution in [3.05, 3.63) is 35.4 Å². The van der Waals surface area contributed by atoms with E-state index in [1.165, 1.54) is 0 Å². The number of hydrogen-bond donors (Lipinski definition) is 3. The standard InChI is InChI=1S/C12H18N4O.HI/c1-14-11(17)10-5-3-4-9(8-10)6-7-16-12(13)15-2;/h3-5,8H,6-7H2,1-2H3,(H,14,17)(H3,13,15,16);1H. The maximum absolute atomic E-state index is 11.4. The Balaban J connectivity index is 0.00000289. The summed E-state index contributed by atoms with van der Waals surface area (Å²) in [5.41, 5.74) is 7.27. The quantitative estimate of drug-likeness (QED) is 0.420. The Morgan fingerprint density at radius 2 is 2.17 bits per heavy atom. The minimum absolute atomic E-state index is 0. The average Bonchev–Trinajstić information content (AvgIpc) is 2.38. The van der Waals surface area contributed by atoms with Gasteiger partial charge < -0.3 is 16.4 Å². The lowest BCUT2D eigenvalue weighted by Gasteiger charge is -2.06. The highest BCUT2D eigenvalue weighted by molar-refractivity contribution is 14.0. The van der Waals surface area contributed by atoms with Crippen LogP contribution in [0.15, 0.2) is 29.3 Å². The summed E-state index contributed by atoms with van der Waals surface area (Å²) in [6.07, 6.45) is 0.793. The van der Waals surface area contributed by atoms with E-state index in [2.05, 4.69) is 15.6 Å². The summed E-state index contributed by atoms with van der Waals surface area (Å²) in [5.74, 6) is 0.349. The molecule has 0 atom stereocenters. The van der Waals surface area contributed by atoms with Crippen molar-refractivity contribution in [2.45, 2.75) is 6.42 Å². The van der Waals surface area contributed by atoms with E-state index in [0.717, 1.165) is 12.0 Å². The van der Waals surface area contributed by atoms with Crippen LogP contribution in [0, 0.1) is 0 Å². The molecule has 0 radical (unpaired) electrons. The van der Waals surface area contributed by atoms with E-state index in [-0.39, 0.29) is 29.9 Å². The van der Waals surface area contributed by atoms with E-state index in [1.54, 1.807) is 20.2 Å². The van der Waals surface area contributed by atoms with Gasteiger partial charge >= 0.3 is 0 Å². The molecule has 1 aromatic rings. The Labute approximate surface area is 124 Å². The molecule has 100 valence electrons. The molecule has 0 unspecified atom stereocenters. The van der Waals surface area contributed by atoms with Gasteiger partial charge in [-0.15, -0.1) is 24.0 Å². The smallest absolute Gasteiger partial charge is 0.251 e. The van der Waals surface area contributed by atoms with Crippen LogP contribution in [-0.2, 0) is 6.42 Å². The Morgan fingerprint density at radius 1 is 1.44 bits per heavy atom. The second-order valence-corrected chi connectivity index (χ2v) is 3.57. The van der Waals surface area contributed by atoms with Crippen LogP contribution in [0.3, 0.4) is 0 Å². The van der Waals surface area contributed by atoms with Gasteiger partial charge in [0, 0.05) is 26.2 Å². The van der Waals surface area contributed by atoms with Crippen LogP contribution < -0.4 is 16.4 Å². The average molecular weight is 362 g/mol. The first-order valence-electron chi connectivity index (χ1n) is 5.44. The molecule has 0 aromatic heterocycles. The predicted molar refractivity (Wildman–Crippen MR) is 84.5 cm³/mol. The molecule has 0 spiro atoms. The van der Waals surface area contributed by atoms with E-state index < -0.39 is 0 Å². The summed E-state index contributed by atoms with van der Waals surface area (Å²) < 4.78 is 0. The maximum Gasteiger partial charge on any atom is 0.251 e. The normalized spacial score (nSPS) is 10.4. The zero-order chi connectivity index (χ0) is 12.7. The van der Waals surface area contributed by atoms with Gasteiger partial charge in [0.15, 0.2) is 5.96 Å². The van der Waals surface area contributed by atoms with E-state index in [0.29, 0.717) is 18.1 Å². The van der Waals surface area contributed by atoms with Crippen LogP contribution in [0.1, 0.15) is 15.9 Å². The van der Waals surface area contributed by atoms with Crippen molar-refractivity contribution in [3.63, 3.8) is 0 Å². The number of halogens is 1. The Kier molecular flexibility index (Phi) is 8.10. The number of nitrogens with zero attached hydrogens (tertiary/aromatic N) is 1. The highest BCUT2D eigenvalue weighted by Crippen LogP contribution is 2.05. The van der Waals surface area contributed by atoms with Crippen molar-refractivity contribution in [2.75, 3.05) is 20.6 Å². The highest BCUT2D eigenvalue weighted by atomic mass is 127. The molecule has 0 bridgehead atoms. The minimum Gasteiger partial charge on any atom is -0.370 e. The molecule has 18 heavy (non-hydrogen) atoms. The third-order valence-corrected chi connectivity index (χ3v) is 2.38. The Morgan fingerprint density at radius 3 is 2.78 bits per heavy atom. The molecule has 0 aliphatic heterocycles.